The van der Waals surface area contributed by atoms with Gasteiger partial charge in [-0.2, -0.15) is 0 Å². The lowest BCUT2D eigenvalue weighted by Gasteiger charge is -1.95. The van der Waals surface area contributed by atoms with Crippen molar-refractivity contribution < 1.29 is 4.84 Å². The molecule has 0 saturated carbocycles. The van der Waals surface area contributed by atoms with Crippen molar-refractivity contribution in [3.8, 4) is 0 Å². The van der Waals surface area contributed by atoms with Gasteiger partial charge in [-0.15, -0.1) is 11.3 Å². The van der Waals surface area contributed by atoms with Crippen LogP contribution in [0.25, 0.3) is 10.2 Å². The second-order valence-corrected chi connectivity index (χ2v) is 4.52. The molecule has 0 amide bonds. The second-order valence-electron chi connectivity index (χ2n) is 3.40. The number of thiazole rings is 1. The first-order valence-electron chi connectivity index (χ1n) is 5.06. The number of para-hydroxylation sites is 1. The van der Waals surface area contributed by atoms with E-state index in [4.69, 9.17) is 5.90 Å². The summed E-state index contributed by atoms with van der Waals surface area (Å²) in [5.74, 6) is 4.96. The molecule has 2 rings (SSSR count). The van der Waals surface area contributed by atoms with E-state index in [1.807, 2.05) is 12.1 Å². The van der Waals surface area contributed by atoms with Gasteiger partial charge in [0.2, 0.25) is 0 Å². The van der Waals surface area contributed by atoms with Crippen molar-refractivity contribution in [2.45, 2.75) is 19.3 Å². The van der Waals surface area contributed by atoms with Gasteiger partial charge in [0.05, 0.1) is 21.8 Å². The third-order valence-corrected chi connectivity index (χ3v) is 3.34. The van der Waals surface area contributed by atoms with E-state index in [1.54, 1.807) is 11.3 Å². The molecule has 2 N–H and O–H groups in total. The summed E-state index contributed by atoms with van der Waals surface area (Å²) in [5.41, 5.74) is 1.10. The maximum absolute atomic E-state index is 4.96. The van der Waals surface area contributed by atoms with Gasteiger partial charge in [0.15, 0.2) is 0 Å². The van der Waals surface area contributed by atoms with Crippen molar-refractivity contribution >= 4 is 21.6 Å². The molecule has 0 atom stereocenters. The molecule has 1 aromatic heterocycles. The minimum absolute atomic E-state index is 0.630. The maximum Gasteiger partial charge on any atom is 0.0938 e. The van der Waals surface area contributed by atoms with Crippen LogP contribution in [0, 0.1) is 0 Å². The fraction of sp³-hybridized carbons (Fsp3) is 0.364. The SMILES string of the molecule is NOCCCCc1nc2ccccc2s1. The largest absolute Gasteiger partial charge is 0.305 e. The first-order chi connectivity index (χ1) is 7.40. The van der Waals surface area contributed by atoms with Crippen molar-refractivity contribution in [3.63, 3.8) is 0 Å². The Morgan fingerprint density at radius 3 is 2.93 bits per heavy atom. The van der Waals surface area contributed by atoms with Crippen LogP contribution in [0.15, 0.2) is 24.3 Å². The summed E-state index contributed by atoms with van der Waals surface area (Å²) < 4.78 is 1.27. The average Bonchev–Trinajstić information content (AvgIpc) is 2.67. The number of rotatable bonds is 5. The molecule has 0 fully saturated rings. The molecule has 3 nitrogen and oxygen atoms in total. The fourth-order valence-corrected chi connectivity index (χ4v) is 2.50. The lowest BCUT2D eigenvalue weighted by atomic mass is 10.2. The van der Waals surface area contributed by atoms with Gasteiger partial charge in [0.25, 0.3) is 0 Å². The zero-order valence-electron chi connectivity index (χ0n) is 8.48. The molecule has 80 valence electrons. The number of nitrogens with two attached hydrogens (primary N) is 1. The standard InChI is InChI=1S/C11H14N2OS/c12-14-8-4-3-7-11-13-9-5-1-2-6-10(9)15-11/h1-2,5-6H,3-4,7-8,12H2. The van der Waals surface area contributed by atoms with Crippen molar-refractivity contribution in [3.05, 3.63) is 29.3 Å². The van der Waals surface area contributed by atoms with Crippen LogP contribution >= 0.6 is 11.3 Å². The predicted octanol–water partition coefficient (Wildman–Crippen LogP) is 2.51. The number of unbranched alkanes of at least 4 members (excludes halogenated alkanes) is 1. The number of aryl methyl sites for hydroxylation is 1. The van der Waals surface area contributed by atoms with Crippen LogP contribution in [-0.2, 0) is 11.3 Å². The van der Waals surface area contributed by atoms with Crippen LogP contribution in [0.4, 0.5) is 0 Å². The Bertz CT molecular complexity index is 394. The van der Waals surface area contributed by atoms with Gasteiger partial charge in [-0.1, -0.05) is 12.1 Å². The minimum Gasteiger partial charge on any atom is -0.305 e. The molecule has 0 bridgehead atoms. The highest BCUT2D eigenvalue weighted by Crippen LogP contribution is 2.22. The van der Waals surface area contributed by atoms with E-state index in [0.29, 0.717) is 6.61 Å². The molecule has 1 aromatic carbocycles. The number of aromatic nitrogens is 1. The van der Waals surface area contributed by atoms with E-state index in [1.165, 1.54) is 9.71 Å². The second kappa shape index (κ2) is 5.21. The zero-order valence-corrected chi connectivity index (χ0v) is 9.30. The molecule has 0 aliphatic heterocycles. The third-order valence-electron chi connectivity index (χ3n) is 2.24. The monoisotopic (exact) mass is 222 g/mol. The van der Waals surface area contributed by atoms with Crippen LogP contribution in [-0.4, -0.2) is 11.6 Å². The highest BCUT2D eigenvalue weighted by atomic mass is 32.1. The van der Waals surface area contributed by atoms with Gasteiger partial charge in [-0.25, -0.2) is 10.9 Å². The Balaban J connectivity index is 1.97. The lowest BCUT2D eigenvalue weighted by Crippen LogP contribution is -2.00. The van der Waals surface area contributed by atoms with E-state index in [2.05, 4.69) is 22.0 Å². The van der Waals surface area contributed by atoms with Gasteiger partial charge < -0.3 is 4.84 Å². The summed E-state index contributed by atoms with van der Waals surface area (Å²) in [6.07, 6.45) is 3.09. The van der Waals surface area contributed by atoms with E-state index in [9.17, 15) is 0 Å². The fourth-order valence-electron chi connectivity index (χ4n) is 1.49. The number of fused-ring (bicyclic) bond motifs is 1. The summed E-state index contributed by atoms with van der Waals surface area (Å²) >= 11 is 1.77. The molecule has 2 aromatic rings. The lowest BCUT2D eigenvalue weighted by molar-refractivity contribution is 0.134. The van der Waals surface area contributed by atoms with E-state index >= 15 is 0 Å². The van der Waals surface area contributed by atoms with Crippen molar-refractivity contribution in [2.75, 3.05) is 6.61 Å². The average molecular weight is 222 g/mol. The Morgan fingerprint density at radius 1 is 1.27 bits per heavy atom. The summed E-state index contributed by atoms with van der Waals surface area (Å²) in [6, 6.07) is 8.23. The number of hydrogen-bond donors (Lipinski definition) is 1. The number of nitrogens with zero attached hydrogens (tertiary/aromatic N) is 1. The Kier molecular flexibility index (Phi) is 3.66. The quantitative estimate of drug-likeness (QED) is 0.624. The molecule has 15 heavy (non-hydrogen) atoms. The molecule has 0 aliphatic carbocycles. The molecule has 0 radical (unpaired) electrons. The van der Waals surface area contributed by atoms with Crippen LogP contribution in [0.3, 0.4) is 0 Å². The number of hydrogen-bond acceptors (Lipinski definition) is 4. The first-order valence-corrected chi connectivity index (χ1v) is 5.88. The van der Waals surface area contributed by atoms with Gasteiger partial charge in [-0.3, -0.25) is 0 Å². The highest BCUT2D eigenvalue weighted by Gasteiger charge is 2.02. The third kappa shape index (κ3) is 2.75. The Labute approximate surface area is 92.8 Å². The van der Waals surface area contributed by atoms with Crippen LogP contribution < -0.4 is 5.90 Å². The molecule has 0 unspecified atom stereocenters. The Hall–Kier alpha value is -0.970. The maximum atomic E-state index is 4.96. The molecule has 0 spiro atoms. The minimum atomic E-state index is 0.630. The van der Waals surface area contributed by atoms with Gasteiger partial charge in [-0.05, 0) is 31.4 Å². The molecule has 4 heteroatoms. The molecular weight excluding hydrogens is 208 g/mol. The van der Waals surface area contributed by atoms with Crippen LogP contribution in [0.1, 0.15) is 17.8 Å². The zero-order chi connectivity index (χ0) is 10.5. The van der Waals surface area contributed by atoms with Crippen LogP contribution in [0.2, 0.25) is 0 Å². The smallest absolute Gasteiger partial charge is 0.0938 e. The summed E-state index contributed by atoms with van der Waals surface area (Å²) in [4.78, 5) is 9.08. The number of benzene rings is 1. The summed E-state index contributed by atoms with van der Waals surface area (Å²) in [6.45, 7) is 0.630. The summed E-state index contributed by atoms with van der Waals surface area (Å²) in [7, 11) is 0. The van der Waals surface area contributed by atoms with Crippen molar-refractivity contribution in [1.82, 2.24) is 4.98 Å². The topological polar surface area (TPSA) is 48.1 Å². The van der Waals surface area contributed by atoms with Gasteiger partial charge >= 0.3 is 0 Å². The molecule has 0 saturated heterocycles. The van der Waals surface area contributed by atoms with E-state index in [-0.39, 0.29) is 0 Å². The predicted molar refractivity (Wildman–Crippen MR) is 62.7 cm³/mol. The van der Waals surface area contributed by atoms with Crippen LogP contribution in [0.5, 0.6) is 0 Å². The Morgan fingerprint density at radius 2 is 2.13 bits per heavy atom. The molecular formula is C11H14N2OS. The normalized spacial score (nSPS) is 11.0. The molecule has 0 aliphatic rings. The van der Waals surface area contributed by atoms with Gasteiger partial charge in [0.1, 0.15) is 0 Å². The van der Waals surface area contributed by atoms with E-state index in [0.717, 1.165) is 24.8 Å². The molecule has 1 heterocycles. The van der Waals surface area contributed by atoms with Crippen molar-refractivity contribution in [1.29, 1.82) is 0 Å². The first kappa shape index (κ1) is 10.5. The van der Waals surface area contributed by atoms with Gasteiger partial charge in [0, 0.05) is 0 Å². The van der Waals surface area contributed by atoms with Crippen molar-refractivity contribution in [2.24, 2.45) is 5.90 Å². The van der Waals surface area contributed by atoms with E-state index < -0.39 is 0 Å². The summed E-state index contributed by atoms with van der Waals surface area (Å²) in [5, 5.41) is 1.20. The highest BCUT2D eigenvalue weighted by molar-refractivity contribution is 7.18.